The summed E-state index contributed by atoms with van der Waals surface area (Å²) in [6.07, 6.45) is 1.93. The standard InChI is InChI=1S/C17H20N2O/c1-12-8-9-13(10-18-12)11-19-16-14-6-4-5-7-15(14)20-17(16,2)3/h4-10,16,19H,11H2,1-3H3. The molecule has 1 N–H and O–H groups in total. The number of aryl methyl sites for hydroxylation is 1. The number of nitrogens with zero attached hydrogens (tertiary/aromatic N) is 1. The van der Waals surface area contributed by atoms with E-state index >= 15 is 0 Å². The maximum atomic E-state index is 6.04. The smallest absolute Gasteiger partial charge is 0.125 e. The first kappa shape index (κ1) is 13.1. The third kappa shape index (κ3) is 2.41. The SMILES string of the molecule is Cc1ccc(CNC2c3ccccc3OC2(C)C)cn1. The number of benzene rings is 1. The Balaban J connectivity index is 1.78. The number of ether oxygens (including phenoxy) is 1. The number of para-hydroxylation sites is 1. The lowest BCUT2D eigenvalue weighted by atomic mass is 9.94. The summed E-state index contributed by atoms with van der Waals surface area (Å²) in [6, 6.07) is 12.6. The van der Waals surface area contributed by atoms with Crippen molar-refractivity contribution in [2.45, 2.75) is 39.0 Å². The van der Waals surface area contributed by atoms with Crippen molar-refractivity contribution in [2.75, 3.05) is 0 Å². The summed E-state index contributed by atoms with van der Waals surface area (Å²) in [5, 5.41) is 3.60. The van der Waals surface area contributed by atoms with E-state index < -0.39 is 0 Å². The monoisotopic (exact) mass is 268 g/mol. The Morgan fingerprint density at radius 1 is 1.20 bits per heavy atom. The third-order valence-corrected chi connectivity index (χ3v) is 3.78. The van der Waals surface area contributed by atoms with Crippen LogP contribution < -0.4 is 10.1 Å². The fraction of sp³-hybridized carbons (Fsp3) is 0.353. The lowest BCUT2D eigenvalue weighted by molar-refractivity contribution is 0.0958. The molecular weight excluding hydrogens is 248 g/mol. The number of nitrogens with one attached hydrogen (secondary N) is 1. The molecule has 1 unspecified atom stereocenters. The quantitative estimate of drug-likeness (QED) is 0.926. The minimum atomic E-state index is -0.234. The van der Waals surface area contributed by atoms with E-state index in [0.29, 0.717) is 0 Å². The molecule has 0 spiro atoms. The van der Waals surface area contributed by atoms with Gasteiger partial charge in [0.25, 0.3) is 0 Å². The lowest BCUT2D eigenvalue weighted by Gasteiger charge is -2.27. The van der Waals surface area contributed by atoms with Gasteiger partial charge in [0, 0.05) is 24.0 Å². The molecule has 2 aromatic rings. The topological polar surface area (TPSA) is 34.1 Å². The Labute approximate surface area is 120 Å². The van der Waals surface area contributed by atoms with Gasteiger partial charge in [0.2, 0.25) is 0 Å². The van der Waals surface area contributed by atoms with Crippen molar-refractivity contribution in [3.63, 3.8) is 0 Å². The average molecular weight is 268 g/mol. The molecule has 0 amide bonds. The third-order valence-electron chi connectivity index (χ3n) is 3.78. The molecule has 3 heteroatoms. The molecule has 1 aliphatic heterocycles. The zero-order chi connectivity index (χ0) is 14.2. The van der Waals surface area contributed by atoms with Crippen LogP contribution in [-0.4, -0.2) is 10.6 Å². The molecule has 1 aliphatic rings. The second kappa shape index (κ2) is 4.91. The first-order valence-electron chi connectivity index (χ1n) is 6.99. The van der Waals surface area contributed by atoms with Crippen LogP contribution >= 0.6 is 0 Å². The van der Waals surface area contributed by atoms with Gasteiger partial charge >= 0.3 is 0 Å². The number of hydrogen-bond donors (Lipinski definition) is 1. The minimum Gasteiger partial charge on any atom is -0.486 e. The van der Waals surface area contributed by atoms with E-state index in [9.17, 15) is 0 Å². The number of rotatable bonds is 3. The van der Waals surface area contributed by atoms with Gasteiger partial charge in [0.1, 0.15) is 11.4 Å². The van der Waals surface area contributed by atoms with Gasteiger partial charge in [-0.15, -0.1) is 0 Å². The van der Waals surface area contributed by atoms with Gasteiger partial charge < -0.3 is 10.1 Å². The van der Waals surface area contributed by atoms with Gasteiger partial charge in [-0.3, -0.25) is 4.98 Å². The van der Waals surface area contributed by atoms with Crippen molar-refractivity contribution in [1.29, 1.82) is 0 Å². The number of aromatic nitrogens is 1. The van der Waals surface area contributed by atoms with E-state index in [1.807, 2.05) is 31.3 Å². The van der Waals surface area contributed by atoms with Gasteiger partial charge in [-0.2, -0.15) is 0 Å². The molecule has 104 valence electrons. The van der Waals surface area contributed by atoms with Crippen molar-refractivity contribution < 1.29 is 4.74 Å². The highest BCUT2D eigenvalue weighted by Crippen LogP contribution is 2.42. The summed E-state index contributed by atoms with van der Waals surface area (Å²) in [6.45, 7) is 7.04. The Hall–Kier alpha value is -1.87. The molecule has 20 heavy (non-hydrogen) atoms. The van der Waals surface area contributed by atoms with Crippen molar-refractivity contribution in [3.8, 4) is 5.75 Å². The largest absolute Gasteiger partial charge is 0.486 e. The molecular formula is C17H20N2O. The van der Waals surface area contributed by atoms with E-state index in [1.54, 1.807) is 0 Å². The molecule has 3 nitrogen and oxygen atoms in total. The number of hydrogen-bond acceptors (Lipinski definition) is 3. The van der Waals surface area contributed by atoms with Crippen LogP contribution in [-0.2, 0) is 6.54 Å². The fourth-order valence-electron chi connectivity index (χ4n) is 2.71. The Bertz CT molecular complexity index is 605. The molecule has 1 aromatic heterocycles. The van der Waals surface area contributed by atoms with Crippen LogP contribution in [0.4, 0.5) is 0 Å². The van der Waals surface area contributed by atoms with Crippen LogP contribution in [0.3, 0.4) is 0 Å². The van der Waals surface area contributed by atoms with E-state index in [1.165, 1.54) is 11.1 Å². The highest BCUT2D eigenvalue weighted by Gasteiger charge is 2.40. The van der Waals surface area contributed by atoms with Crippen LogP contribution in [0.15, 0.2) is 42.6 Å². The van der Waals surface area contributed by atoms with Crippen molar-refractivity contribution in [2.24, 2.45) is 0 Å². The fourth-order valence-corrected chi connectivity index (χ4v) is 2.71. The summed E-state index contributed by atoms with van der Waals surface area (Å²) < 4.78 is 6.04. The molecule has 0 radical (unpaired) electrons. The number of fused-ring (bicyclic) bond motifs is 1. The zero-order valence-electron chi connectivity index (χ0n) is 12.2. The van der Waals surface area contributed by atoms with Crippen LogP contribution in [0.25, 0.3) is 0 Å². The Morgan fingerprint density at radius 3 is 2.75 bits per heavy atom. The molecule has 2 heterocycles. The minimum absolute atomic E-state index is 0.194. The van der Waals surface area contributed by atoms with Gasteiger partial charge in [0.15, 0.2) is 0 Å². The van der Waals surface area contributed by atoms with E-state index in [0.717, 1.165) is 18.0 Å². The van der Waals surface area contributed by atoms with E-state index in [4.69, 9.17) is 4.74 Å². The second-order valence-corrected chi connectivity index (χ2v) is 5.87. The molecule has 3 rings (SSSR count). The highest BCUT2D eigenvalue weighted by molar-refractivity contribution is 5.42. The van der Waals surface area contributed by atoms with Crippen LogP contribution in [0.5, 0.6) is 5.75 Å². The molecule has 0 aliphatic carbocycles. The van der Waals surface area contributed by atoms with Crippen LogP contribution in [0, 0.1) is 6.92 Å². The molecule has 0 saturated heterocycles. The summed E-state index contributed by atoms with van der Waals surface area (Å²) in [7, 11) is 0. The van der Waals surface area contributed by atoms with Crippen molar-refractivity contribution in [3.05, 3.63) is 59.4 Å². The van der Waals surface area contributed by atoms with E-state index in [2.05, 4.69) is 42.3 Å². The molecule has 1 aromatic carbocycles. The molecule has 0 fully saturated rings. The lowest BCUT2D eigenvalue weighted by Crippen LogP contribution is -2.38. The summed E-state index contributed by atoms with van der Waals surface area (Å²) >= 11 is 0. The predicted molar refractivity (Wildman–Crippen MR) is 79.7 cm³/mol. The Kier molecular flexibility index (Phi) is 3.22. The van der Waals surface area contributed by atoms with Crippen molar-refractivity contribution >= 4 is 0 Å². The van der Waals surface area contributed by atoms with Gasteiger partial charge in [-0.05, 0) is 38.5 Å². The molecule has 1 atom stereocenters. The second-order valence-electron chi connectivity index (χ2n) is 5.87. The molecule has 0 bridgehead atoms. The highest BCUT2D eigenvalue weighted by atomic mass is 16.5. The van der Waals surface area contributed by atoms with Gasteiger partial charge in [-0.25, -0.2) is 0 Å². The predicted octanol–water partition coefficient (Wildman–Crippen LogP) is 3.39. The van der Waals surface area contributed by atoms with E-state index in [-0.39, 0.29) is 11.6 Å². The maximum Gasteiger partial charge on any atom is 0.125 e. The van der Waals surface area contributed by atoms with Gasteiger partial charge in [-0.1, -0.05) is 24.3 Å². The molecule has 0 saturated carbocycles. The summed E-state index contributed by atoms with van der Waals surface area (Å²) in [5.74, 6) is 0.983. The summed E-state index contributed by atoms with van der Waals surface area (Å²) in [5.41, 5.74) is 3.24. The van der Waals surface area contributed by atoms with Crippen molar-refractivity contribution in [1.82, 2.24) is 10.3 Å². The van der Waals surface area contributed by atoms with Crippen LogP contribution in [0.2, 0.25) is 0 Å². The van der Waals surface area contributed by atoms with Crippen LogP contribution in [0.1, 0.15) is 36.7 Å². The summed E-state index contributed by atoms with van der Waals surface area (Å²) in [4.78, 5) is 4.33. The first-order chi connectivity index (χ1) is 9.56. The Morgan fingerprint density at radius 2 is 2.00 bits per heavy atom. The first-order valence-corrected chi connectivity index (χ1v) is 6.99. The number of pyridine rings is 1. The maximum absolute atomic E-state index is 6.04. The average Bonchev–Trinajstić information content (AvgIpc) is 2.68. The normalized spacial score (nSPS) is 19.4. The zero-order valence-corrected chi connectivity index (χ0v) is 12.2. The van der Waals surface area contributed by atoms with Gasteiger partial charge in [0.05, 0.1) is 6.04 Å².